The molecule has 0 unspecified atom stereocenters. The monoisotopic (exact) mass is 293 g/mol. The second kappa shape index (κ2) is 6.56. The van der Waals surface area contributed by atoms with Crippen molar-refractivity contribution < 1.29 is 27.6 Å². The molecule has 0 aliphatic carbocycles. The lowest BCUT2D eigenvalue weighted by atomic mass is 9.80. The second-order valence-corrected chi connectivity index (χ2v) is 4.84. The van der Waals surface area contributed by atoms with E-state index in [0.717, 1.165) is 11.0 Å². The van der Waals surface area contributed by atoms with E-state index in [2.05, 4.69) is 0 Å². The summed E-state index contributed by atoms with van der Waals surface area (Å²) in [5.41, 5.74) is 0.0329. The molecule has 0 amide bonds. The highest BCUT2D eigenvalue weighted by molar-refractivity contribution is 6.58. The zero-order valence-electron chi connectivity index (χ0n) is 11.2. The van der Waals surface area contributed by atoms with Crippen LogP contribution in [0.15, 0.2) is 18.2 Å². The van der Waals surface area contributed by atoms with Crippen LogP contribution in [-0.2, 0) is 6.54 Å². The number of hydrogen-bond acceptors (Lipinski definition) is 3. The molecule has 1 rings (SSSR count). The van der Waals surface area contributed by atoms with E-state index >= 15 is 0 Å². The third-order valence-corrected chi connectivity index (χ3v) is 2.86. The summed E-state index contributed by atoms with van der Waals surface area (Å²) in [7, 11) is -1.81. The van der Waals surface area contributed by atoms with Gasteiger partial charge < -0.3 is 10.0 Å². The van der Waals surface area contributed by atoms with Crippen molar-refractivity contribution in [3.8, 4) is 0 Å². The van der Waals surface area contributed by atoms with E-state index in [0.29, 0.717) is 0 Å². The first-order valence-electron chi connectivity index (χ1n) is 6.05. The van der Waals surface area contributed by atoms with Crippen LogP contribution >= 0.6 is 0 Å². The van der Waals surface area contributed by atoms with Crippen LogP contribution in [0.4, 0.5) is 17.6 Å². The summed E-state index contributed by atoms with van der Waals surface area (Å²) in [6.07, 6.45) is -4.36. The quantitative estimate of drug-likeness (QED) is 0.635. The maximum absolute atomic E-state index is 13.7. The van der Waals surface area contributed by atoms with Crippen LogP contribution in [-0.4, -0.2) is 40.8 Å². The van der Waals surface area contributed by atoms with Gasteiger partial charge in [0.25, 0.3) is 0 Å². The third kappa shape index (κ3) is 5.11. The molecule has 3 nitrogen and oxygen atoms in total. The third-order valence-electron chi connectivity index (χ3n) is 2.86. The predicted octanol–water partition coefficient (Wildman–Crippen LogP) is 1.28. The van der Waals surface area contributed by atoms with E-state index < -0.39 is 31.7 Å². The molecule has 0 radical (unpaired) electrons. The lowest BCUT2D eigenvalue weighted by Crippen LogP contribution is -2.39. The van der Waals surface area contributed by atoms with Gasteiger partial charge in [-0.3, -0.25) is 4.90 Å². The van der Waals surface area contributed by atoms with Crippen LogP contribution in [0.5, 0.6) is 0 Å². The lowest BCUT2D eigenvalue weighted by molar-refractivity contribution is -0.151. The van der Waals surface area contributed by atoms with Crippen molar-refractivity contribution in [1.29, 1.82) is 0 Å². The molecule has 1 aromatic carbocycles. The van der Waals surface area contributed by atoms with Crippen molar-refractivity contribution >= 4 is 12.6 Å². The number of nitrogens with zero attached hydrogens (tertiary/aromatic N) is 1. The highest BCUT2D eigenvalue weighted by Gasteiger charge is 2.32. The summed E-state index contributed by atoms with van der Waals surface area (Å²) in [5, 5.41) is 17.8. The Morgan fingerprint density at radius 1 is 1.25 bits per heavy atom. The normalized spacial score (nSPS) is 12.3. The molecule has 112 valence electrons. The number of benzene rings is 1. The number of halogens is 4. The van der Waals surface area contributed by atoms with Crippen molar-refractivity contribution in [1.82, 2.24) is 4.90 Å². The van der Waals surface area contributed by atoms with Gasteiger partial charge in [0.1, 0.15) is 5.82 Å². The molecular formula is C12H16BF4NO2. The van der Waals surface area contributed by atoms with Gasteiger partial charge in [-0.1, -0.05) is 12.1 Å². The fourth-order valence-electron chi connectivity index (χ4n) is 1.72. The number of rotatable bonds is 5. The number of hydrogen-bond donors (Lipinski definition) is 2. The minimum atomic E-state index is -4.36. The van der Waals surface area contributed by atoms with Crippen LogP contribution in [0, 0.1) is 5.82 Å². The maximum Gasteiger partial charge on any atom is 0.488 e. The predicted molar refractivity (Wildman–Crippen MR) is 67.8 cm³/mol. The summed E-state index contributed by atoms with van der Waals surface area (Å²) < 4.78 is 51.1. The fourth-order valence-corrected chi connectivity index (χ4v) is 1.72. The minimum Gasteiger partial charge on any atom is -0.423 e. The van der Waals surface area contributed by atoms with Gasteiger partial charge in [0.2, 0.25) is 0 Å². The Balaban J connectivity index is 2.89. The van der Waals surface area contributed by atoms with Gasteiger partial charge >= 0.3 is 13.3 Å². The van der Waals surface area contributed by atoms with E-state index in [1.165, 1.54) is 12.1 Å². The van der Waals surface area contributed by atoms with E-state index in [9.17, 15) is 17.6 Å². The van der Waals surface area contributed by atoms with E-state index in [4.69, 9.17) is 10.0 Å². The van der Waals surface area contributed by atoms with Gasteiger partial charge in [0.05, 0.1) is 6.54 Å². The summed E-state index contributed by atoms with van der Waals surface area (Å²) in [6.45, 7) is 1.85. The topological polar surface area (TPSA) is 43.7 Å². The lowest BCUT2D eigenvalue weighted by Gasteiger charge is -2.27. The zero-order chi connectivity index (χ0) is 15.5. The first-order chi connectivity index (χ1) is 9.10. The molecule has 0 saturated carbocycles. The second-order valence-electron chi connectivity index (χ2n) is 4.84. The average Bonchev–Trinajstić information content (AvgIpc) is 2.28. The van der Waals surface area contributed by atoms with Crippen LogP contribution in [0.1, 0.15) is 19.4 Å². The Hall–Kier alpha value is -1.12. The molecule has 0 bridgehead atoms. The molecule has 2 N–H and O–H groups in total. The molecule has 1 aromatic rings. The van der Waals surface area contributed by atoms with Crippen molar-refractivity contribution in [2.75, 3.05) is 6.54 Å². The summed E-state index contributed by atoms with van der Waals surface area (Å²) in [6, 6.07) is 3.04. The van der Waals surface area contributed by atoms with Crippen molar-refractivity contribution in [2.24, 2.45) is 0 Å². The maximum atomic E-state index is 13.7. The first-order valence-corrected chi connectivity index (χ1v) is 6.05. The largest absolute Gasteiger partial charge is 0.488 e. The van der Waals surface area contributed by atoms with Crippen molar-refractivity contribution in [3.63, 3.8) is 0 Å². The molecular weight excluding hydrogens is 277 g/mol. The molecule has 8 heteroatoms. The first kappa shape index (κ1) is 16.9. The zero-order valence-corrected chi connectivity index (χ0v) is 11.2. The van der Waals surface area contributed by atoms with Crippen molar-refractivity contribution in [3.05, 3.63) is 29.6 Å². The van der Waals surface area contributed by atoms with E-state index in [1.807, 2.05) is 0 Å². The van der Waals surface area contributed by atoms with Gasteiger partial charge in [0.15, 0.2) is 0 Å². The van der Waals surface area contributed by atoms with Crippen molar-refractivity contribution in [2.45, 2.75) is 32.6 Å². The van der Waals surface area contributed by atoms with Gasteiger partial charge in [-0.25, -0.2) is 4.39 Å². The summed E-state index contributed by atoms with van der Waals surface area (Å²) in [5.74, 6) is -0.761. The van der Waals surface area contributed by atoms with Crippen LogP contribution in [0.2, 0.25) is 0 Å². The standard InChI is InChI=1S/C12H16BF4NO2/c1-8(2)18(7-12(15,16)17)6-9-3-4-10(13(19)20)5-11(9)14/h3-5,8,19-20H,6-7H2,1-2H3. The Morgan fingerprint density at radius 2 is 1.85 bits per heavy atom. The van der Waals surface area contributed by atoms with E-state index in [1.54, 1.807) is 13.8 Å². The van der Waals surface area contributed by atoms with Crippen LogP contribution < -0.4 is 5.46 Å². The molecule has 20 heavy (non-hydrogen) atoms. The Bertz CT molecular complexity index is 452. The molecule has 0 aliphatic heterocycles. The molecule has 0 aliphatic rings. The molecule has 0 aromatic heterocycles. The van der Waals surface area contributed by atoms with Gasteiger partial charge in [-0.15, -0.1) is 0 Å². The Kier molecular flexibility index (Phi) is 5.55. The van der Waals surface area contributed by atoms with Crippen LogP contribution in [0.3, 0.4) is 0 Å². The Labute approximate surface area is 115 Å². The smallest absolute Gasteiger partial charge is 0.423 e. The molecule has 0 heterocycles. The van der Waals surface area contributed by atoms with Crippen LogP contribution in [0.25, 0.3) is 0 Å². The minimum absolute atomic E-state index is 0.0434. The van der Waals surface area contributed by atoms with E-state index in [-0.39, 0.29) is 17.6 Å². The SMILES string of the molecule is CC(C)N(Cc1ccc(B(O)O)cc1F)CC(F)(F)F. The molecule has 0 fully saturated rings. The van der Waals surface area contributed by atoms with Gasteiger partial charge in [-0.2, -0.15) is 13.2 Å². The highest BCUT2D eigenvalue weighted by Crippen LogP contribution is 2.20. The highest BCUT2D eigenvalue weighted by atomic mass is 19.4. The summed E-state index contributed by atoms with van der Waals surface area (Å²) in [4.78, 5) is 1.09. The molecule has 0 spiro atoms. The molecule has 0 saturated heterocycles. The van der Waals surface area contributed by atoms with Gasteiger partial charge in [-0.05, 0) is 25.4 Å². The fraction of sp³-hybridized carbons (Fsp3) is 0.500. The summed E-state index contributed by atoms with van der Waals surface area (Å²) >= 11 is 0. The molecule has 0 atom stereocenters. The average molecular weight is 293 g/mol. The van der Waals surface area contributed by atoms with Gasteiger partial charge in [0, 0.05) is 18.2 Å². The number of alkyl halides is 3. The Morgan fingerprint density at radius 3 is 2.25 bits per heavy atom.